The van der Waals surface area contributed by atoms with Crippen LogP contribution in [-0.2, 0) is 0 Å². The summed E-state index contributed by atoms with van der Waals surface area (Å²) in [5, 5.41) is 8.53. The van der Waals surface area contributed by atoms with Crippen LogP contribution in [0.25, 0.3) is 6.08 Å². The molecule has 2 aromatic carbocycles. The van der Waals surface area contributed by atoms with Crippen LogP contribution in [0.1, 0.15) is 5.56 Å². The van der Waals surface area contributed by atoms with Gasteiger partial charge in [-0.2, -0.15) is 0 Å². The molecule has 0 amide bonds. The summed E-state index contributed by atoms with van der Waals surface area (Å²) in [4.78, 5) is 2.07. The molecule has 0 aromatic heterocycles. The van der Waals surface area contributed by atoms with E-state index in [0.29, 0.717) is 6.54 Å². The molecule has 2 nitrogen and oxygen atoms in total. The molecular weight excluding hydrogens is 261 g/mol. The van der Waals surface area contributed by atoms with Crippen LogP contribution < -0.4 is 5.48 Å². The van der Waals surface area contributed by atoms with E-state index in [9.17, 15) is 4.39 Å². The van der Waals surface area contributed by atoms with Crippen LogP contribution >= 0.6 is 11.8 Å². The van der Waals surface area contributed by atoms with Gasteiger partial charge >= 0.3 is 0 Å². The highest BCUT2D eigenvalue weighted by atomic mass is 32.2. The quantitative estimate of drug-likeness (QED) is 0.810. The minimum absolute atomic E-state index is 0.230. The number of benzene rings is 2. The van der Waals surface area contributed by atoms with Crippen LogP contribution in [0, 0.1) is 5.82 Å². The lowest BCUT2D eigenvalue weighted by Gasteiger charge is -2.05. The van der Waals surface area contributed by atoms with Gasteiger partial charge in [0.1, 0.15) is 5.82 Å². The molecule has 0 radical (unpaired) electrons. The van der Waals surface area contributed by atoms with Crippen molar-refractivity contribution in [3.8, 4) is 0 Å². The highest BCUT2D eigenvalue weighted by Gasteiger charge is 2.01. The molecule has 0 unspecified atom stereocenters. The summed E-state index contributed by atoms with van der Waals surface area (Å²) >= 11 is 1.58. The van der Waals surface area contributed by atoms with Gasteiger partial charge in [-0.25, -0.2) is 9.87 Å². The van der Waals surface area contributed by atoms with Gasteiger partial charge in [0.05, 0.1) is 0 Å². The molecule has 4 heteroatoms. The van der Waals surface area contributed by atoms with Crippen LogP contribution in [0.5, 0.6) is 0 Å². The first-order chi connectivity index (χ1) is 9.29. The number of hydrogen-bond donors (Lipinski definition) is 2. The van der Waals surface area contributed by atoms with Crippen molar-refractivity contribution < 1.29 is 9.60 Å². The molecule has 0 aliphatic rings. The summed E-state index contributed by atoms with van der Waals surface area (Å²) in [6, 6.07) is 14.4. The maximum absolute atomic E-state index is 12.9. The molecule has 0 atom stereocenters. The van der Waals surface area contributed by atoms with Crippen molar-refractivity contribution in [1.82, 2.24) is 5.48 Å². The molecule has 0 heterocycles. The molecule has 0 saturated carbocycles. The molecule has 0 aliphatic carbocycles. The van der Waals surface area contributed by atoms with Crippen LogP contribution in [0.4, 0.5) is 4.39 Å². The van der Waals surface area contributed by atoms with Crippen molar-refractivity contribution in [2.45, 2.75) is 9.79 Å². The Morgan fingerprint density at radius 3 is 2.58 bits per heavy atom. The summed E-state index contributed by atoms with van der Waals surface area (Å²) in [5.41, 5.74) is 3.14. The molecule has 19 heavy (non-hydrogen) atoms. The van der Waals surface area contributed by atoms with Crippen LogP contribution in [-0.4, -0.2) is 11.8 Å². The van der Waals surface area contributed by atoms with Gasteiger partial charge in [-0.3, -0.25) is 0 Å². The lowest BCUT2D eigenvalue weighted by Crippen LogP contribution is -2.04. The Labute approximate surface area is 115 Å². The van der Waals surface area contributed by atoms with E-state index in [1.807, 2.05) is 36.4 Å². The van der Waals surface area contributed by atoms with Crippen LogP contribution in [0.3, 0.4) is 0 Å². The Hall–Kier alpha value is -1.62. The third-order valence-corrected chi connectivity index (χ3v) is 3.57. The molecule has 0 fully saturated rings. The molecule has 0 aliphatic heterocycles. The largest absolute Gasteiger partial charge is 0.317 e. The van der Waals surface area contributed by atoms with Crippen molar-refractivity contribution in [1.29, 1.82) is 0 Å². The molecule has 2 rings (SSSR count). The van der Waals surface area contributed by atoms with E-state index in [1.165, 1.54) is 12.1 Å². The van der Waals surface area contributed by atoms with Gasteiger partial charge in [-0.15, -0.1) is 0 Å². The fourth-order valence-electron chi connectivity index (χ4n) is 1.58. The Morgan fingerprint density at radius 2 is 1.84 bits per heavy atom. The fourth-order valence-corrected chi connectivity index (χ4v) is 2.51. The summed E-state index contributed by atoms with van der Waals surface area (Å²) in [6.07, 6.45) is 3.78. The Kier molecular flexibility index (Phi) is 5.15. The number of rotatable bonds is 5. The van der Waals surface area contributed by atoms with Gasteiger partial charge in [0, 0.05) is 16.3 Å². The van der Waals surface area contributed by atoms with E-state index >= 15 is 0 Å². The molecular formula is C15H14FNOS. The minimum atomic E-state index is -0.230. The summed E-state index contributed by atoms with van der Waals surface area (Å²) in [5.74, 6) is -0.230. The Balaban J connectivity index is 2.17. The number of hydroxylamine groups is 1. The summed E-state index contributed by atoms with van der Waals surface area (Å²) < 4.78 is 12.9. The molecule has 2 N–H and O–H groups in total. The first-order valence-electron chi connectivity index (χ1n) is 5.85. The minimum Gasteiger partial charge on any atom is -0.317 e. The van der Waals surface area contributed by atoms with Gasteiger partial charge in [-0.1, -0.05) is 42.1 Å². The predicted octanol–water partition coefficient (Wildman–Crippen LogP) is 3.97. The first kappa shape index (κ1) is 13.8. The molecule has 2 aromatic rings. The third-order valence-electron chi connectivity index (χ3n) is 2.47. The number of halogens is 1. The van der Waals surface area contributed by atoms with Crippen LogP contribution in [0.15, 0.2) is 64.4 Å². The normalized spacial score (nSPS) is 11.1. The van der Waals surface area contributed by atoms with E-state index in [-0.39, 0.29) is 5.82 Å². The van der Waals surface area contributed by atoms with Gasteiger partial charge in [0.15, 0.2) is 0 Å². The van der Waals surface area contributed by atoms with E-state index < -0.39 is 0 Å². The Morgan fingerprint density at radius 1 is 1.11 bits per heavy atom. The number of nitrogens with one attached hydrogen (secondary N) is 1. The summed E-state index contributed by atoms with van der Waals surface area (Å²) in [7, 11) is 0. The maximum Gasteiger partial charge on any atom is 0.123 e. The smallest absolute Gasteiger partial charge is 0.123 e. The average Bonchev–Trinajstić information content (AvgIpc) is 2.43. The van der Waals surface area contributed by atoms with Gasteiger partial charge < -0.3 is 5.21 Å². The summed E-state index contributed by atoms with van der Waals surface area (Å²) in [6.45, 7) is 0.398. The second kappa shape index (κ2) is 7.09. The van der Waals surface area contributed by atoms with E-state index in [2.05, 4.69) is 5.48 Å². The second-order valence-corrected chi connectivity index (χ2v) is 4.97. The zero-order chi connectivity index (χ0) is 13.5. The fraction of sp³-hybridized carbons (Fsp3) is 0.0667. The maximum atomic E-state index is 12.9. The van der Waals surface area contributed by atoms with Crippen molar-refractivity contribution in [2.75, 3.05) is 6.54 Å². The van der Waals surface area contributed by atoms with Gasteiger partial charge in [0.25, 0.3) is 0 Å². The highest BCUT2D eigenvalue weighted by molar-refractivity contribution is 7.99. The first-order valence-corrected chi connectivity index (χ1v) is 6.67. The lowest BCUT2D eigenvalue weighted by molar-refractivity contribution is 0.180. The van der Waals surface area contributed by atoms with E-state index in [1.54, 1.807) is 23.9 Å². The van der Waals surface area contributed by atoms with Crippen molar-refractivity contribution in [3.05, 3.63) is 66.0 Å². The number of hydrogen-bond acceptors (Lipinski definition) is 3. The molecule has 0 bridgehead atoms. The van der Waals surface area contributed by atoms with Crippen molar-refractivity contribution in [2.24, 2.45) is 0 Å². The van der Waals surface area contributed by atoms with E-state index in [0.717, 1.165) is 15.4 Å². The molecule has 98 valence electrons. The van der Waals surface area contributed by atoms with Gasteiger partial charge in [-0.05, 0) is 35.9 Å². The van der Waals surface area contributed by atoms with Crippen molar-refractivity contribution >= 4 is 17.8 Å². The average molecular weight is 275 g/mol. The third kappa shape index (κ3) is 4.21. The second-order valence-electron chi connectivity index (χ2n) is 3.86. The van der Waals surface area contributed by atoms with Crippen LogP contribution in [0.2, 0.25) is 0 Å². The molecule has 0 spiro atoms. The monoisotopic (exact) mass is 275 g/mol. The van der Waals surface area contributed by atoms with Crippen molar-refractivity contribution in [3.63, 3.8) is 0 Å². The van der Waals surface area contributed by atoms with E-state index in [4.69, 9.17) is 5.21 Å². The highest BCUT2D eigenvalue weighted by Crippen LogP contribution is 2.31. The topological polar surface area (TPSA) is 32.3 Å². The van der Waals surface area contributed by atoms with Gasteiger partial charge in [0.2, 0.25) is 0 Å². The zero-order valence-corrected chi connectivity index (χ0v) is 11.0. The SMILES string of the molecule is ONCC=Cc1ccccc1Sc1ccc(F)cc1. The molecule has 0 saturated heterocycles. The standard InChI is InChI=1S/C15H14FNOS/c16-13-7-9-14(10-8-13)19-15-6-2-1-4-12(15)5-3-11-17-18/h1-10,17-18H,11H2. The predicted molar refractivity (Wildman–Crippen MR) is 75.8 cm³/mol. The Bertz CT molecular complexity index is 554. The zero-order valence-electron chi connectivity index (χ0n) is 10.2. The lowest BCUT2D eigenvalue weighted by atomic mass is 10.2.